The second-order valence-corrected chi connectivity index (χ2v) is 5.73. The van der Waals surface area contributed by atoms with Crippen LogP contribution in [0.2, 0.25) is 0 Å². The monoisotopic (exact) mass is 230 g/mol. The number of anilines is 1. The van der Waals surface area contributed by atoms with Crippen LogP contribution in [0, 0.1) is 6.92 Å². The summed E-state index contributed by atoms with van der Waals surface area (Å²) in [6.07, 6.45) is 5.30. The van der Waals surface area contributed by atoms with E-state index in [1.807, 2.05) is 18.7 Å². The van der Waals surface area contributed by atoms with E-state index >= 15 is 0 Å². The van der Waals surface area contributed by atoms with Crippen LogP contribution < -0.4 is 5.73 Å². The van der Waals surface area contributed by atoms with Gasteiger partial charge in [0.1, 0.15) is 0 Å². The first kappa shape index (κ1) is 11.9. The Morgan fingerprint density at radius 2 is 2.14 bits per heavy atom. The summed E-state index contributed by atoms with van der Waals surface area (Å²) >= 11 is 3.50. The third-order valence-electron chi connectivity index (χ3n) is 2.00. The Bertz CT molecular complexity index is 271. The average molecular weight is 230 g/mol. The number of thiazole rings is 1. The Morgan fingerprint density at radius 3 is 2.71 bits per heavy atom. The van der Waals surface area contributed by atoms with E-state index in [9.17, 15) is 0 Å². The maximum absolute atomic E-state index is 5.63. The van der Waals surface area contributed by atoms with Gasteiger partial charge in [0.25, 0.3) is 0 Å². The van der Waals surface area contributed by atoms with Gasteiger partial charge in [-0.15, -0.1) is 11.8 Å². The first-order valence-electron chi connectivity index (χ1n) is 5.09. The number of nitrogens with two attached hydrogens (primary N) is 1. The fraction of sp³-hybridized carbons (Fsp3) is 0.700. The zero-order valence-corrected chi connectivity index (χ0v) is 10.5. The number of unbranched alkanes of at least 4 members (excludes halogenated alkanes) is 3. The number of hydrogen-bond acceptors (Lipinski definition) is 4. The molecule has 4 heteroatoms. The first-order valence-corrected chi connectivity index (χ1v) is 6.90. The molecule has 2 nitrogen and oxygen atoms in total. The van der Waals surface area contributed by atoms with Gasteiger partial charge in [0.05, 0.1) is 9.90 Å². The summed E-state index contributed by atoms with van der Waals surface area (Å²) in [6, 6.07) is 0. The number of nitrogen functional groups attached to an aromatic ring is 1. The van der Waals surface area contributed by atoms with Crippen LogP contribution in [0.25, 0.3) is 0 Å². The Hall–Kier alpha value is -0.220. The van der Waals surface area contributed by atoms with Crippen LogP contribution in [0.3, 0.4) is 0 Å². The molecule has 80 valence electrons. The molecule has 1 aromatic heterocycles. The zero-order valence-electron chi connectivity index (χ0n) is 8.88. The fourth-order valence-corrected chi connectivity index (χ4v) is 3.33. The Balaban J connectivity index is 2.21. The number of nitrogens with zero attached hydrogens (tertiary/aromatic N) is 1. The summed E-state index contributed by atoms with van der Waals surface area (Å²) in [6.45, 7) is 4.27. The highest BCUT2D eigenvalue weighted by molar-refractivity contribution is 8.01. The molecular weight excluding hydrogens is 212 g/mol. The topological polar surface area (TPSA) is 38.9 Å². The number of thioether (sulfide) groups is 1. The third-order valence-corrected chi connectivity index (χ3v) is 4.44. The second kappa shape index (κ2) is 6.30. The largest absolute Gasteiger partial charge is 0.375 e. The highest BCUT2D eigenvalue weighted by atomic mass is 32.2. The van der Waals surface area contributed by atoms with Crippen molar-refractivity contribution in [3.8, 4) is 0 Å². The van der Waals surface area contributed by atoms with Crippen molar-refractivity contribution in [3.63, 3.8) is 0 Å². The van der Waals surface area contributed by atoms with E-state index in [1.165, 1.54) is 35.6 Å². The van der Waals surface area contributed by atoms with Crippen molar-refractivity contribution in [2.24, 2.45) is 0 Å². The minimum Gasteiger partial charge on any atom is -0.375 e. The lowest BCUT2D eigenvalue weighted by Gasteiger charge is -1.98. The van der Waals surface area contributed by atoms with Crippen LogP contribution in [-0.2, 0) is 0 Å². The zero-order chi connectivity index (χ0) is 10.4. The van der Waals surface area contributed by atoms with Gasteiger partial charge in [-0.25, -0.2) is 4.98 Å². The highest BCUT2D eigenvalue weighted by Gasteiger charge is 2.04. The Labute approximate surface area is 94.3 Å². The van der Waals surface area contributed by atoms with Crippen LogP contribution in [0.1, 0.15) is 38.3 Å². The lowest BCUT2D eigenvalue weighted by molar-refractivity contribution is 0.706. The number of aryl methyl sites for hydroxylation is 1. The molecule has 0 fully saturated rings. The van der Waals surface area contributed by atoms with Gasteiger partial charge in [0, 0.05) is 0 Å². The van der Waals surface area contributed by atoms with Crippen molar-refractivity contribution in [2.45, 2.75) is 43.7 Å². The van der Waals surface area contributed by atoms with E-state index in [2.05, 4.69) is 11.9 Å². The molecule has 0 radical (unpaired) electrons. The summed E-state index contributed by atoms with van der Waals surface area (Å²) in [5, 5.41) is 0.693. The molecule has 0 aliphatic heterocycles. The average Bonchev–Trinajstić information content (AvgIpc) is 2.45. The fourth-order valence-electron chi connectivity index (χ4n) is 1.23. The smallest absolute Gasteiger partial charge is 0.181 e. The quantitative estimate of drug-likeness (QED) is 0.598. The number of aromatic nitrogens is 1. The molecule has 0 spiro atoms. The van der Waals surface area contributed by atoms with Crippen molar-refractivity contribution in [1.82, 2.24) is 4.98 Å². The summed E-state index contributed by atoms with van der Waals surface area (Å²) in [5.74, 6) is 1.20. The van der Waals surface area contributed by atoms with Gasteiger partial charge in [-0.2, -0.15) is 0 Å². The SMILES string of the molecule is CCCCCCSc1sc(N)nc1C. The molecule has 0 amide bonds. The minimum atomic E-state index is 0.693. The summed E-state index contributed by atoms with van der Waals surface area (Å²) in [5.41, 5.74) is 6.72. The van der Waals surface area contributed by atoms with E-state index in [0.717, 1.165) is 5.69 Å². The van der Waals surface area contributed by atoms with Crippen LogP contribution in [-0.4, -0.2) is 10.7 Å². The van der Waals surface area contributed by atoms with Gasteiger partial charge in [-0.1, -0.05) is 37.5 Å². The molecule has 0 aromatic carbocycles. The lowest BCUT2D eigenvalue weighted by atomic mass is 10.2. The van der Waals surface area contributed by atoms with Gasteiger partial charge in [-0.05, 0) is 19.1 Å². The van der Waals surface area contributed by atoms with Crippen LogP contribution >= 0.6 is 23.1 Å². The van der Waals surface area contributed by atoms with Gasteiger partial charge < -0.3 is 5.73 Å². The molecule has 0 aliphatic carbocycles. The Morgan fingerprint density at radius 1 is 1.36 bits per heavy atom. The first-order chi connectivity index (χ1) is 6.74. The second-order valence-electron chi connectivity index (χ2n) is 3.33. The van der Waals surface area contributed by atoms with E-state index in [4.69, 9.17) is 5.73 Å². The van der Waals surface area contributed by atoms with Crippen molar-refractivity contribution >= 4 is 28.2 Å². The summed E-state index contributed by atoms with van der Waals surface area (Å²) < 4.78 is 1.29. The summed E-state index contributed by atoms with van der Waals surface area (Å²) in [7, 11) is 0. The van der Waals surface area contributed by atoms with Crippen LogP contribution in [0.5, 0.6) is 0 Å². The van der Waals surface area contributed by atoms with Gasteiger partial charge in [-0.3, -0.25) is 0 Å². The standard InChI is InChI=1S/C10H18N2S2/c1-3-4-5-6-7-13-9-8(2)12-10(11)14-9/h3-7H2,1-2H3,(H2,11,12). The molecule has 0 atom stereocenters. The molecule has 2 N–H and O–H groups in total. The Kier molecular flexibility index (Phi) is 5.33. The molecular formula is C10H18N2S2. The summed E-state index contributed by atoms with van der Waals surface area (Å²) in [4.78, 5) is 4.20. The number of hydrogen-bond donors (Lipinski definition) is 1. The van der Waals surface area contributed by atoms with Crippen LogP contribution in [0.4, 0.5) is 5.13 Å². The molecule has 1 aromatic rings. The maximum atomic E-state index is 5.63. The highest BCUT2D eigenvalue weighted by Crippen LogP contribution is 2.30. The van der Waals surface area contributed by atoms with Crippen molar-refractivity contribution in [3.05, 3.63) is 5.69 Å². The maximum Gasteiger partial charge on any atom is 0.181 e. The van der Waals surface area contributed by atoms with E-state index < -0.39 is 0 Å². The van der Waals surface area contributed by atoms with E-state index in [0.29, 0.717) is 5.13 Å². The van der Waals surface area contributed by atoms with Crippen molar-refractivity contribution < 1.29 is 0 Å². The molecule has 0 bridgehead atoms. The predicted octanol–water partition coefficient (Wildman–Crippen LogP) is 3.71. The predicted molar refractivity (Wildman–Crippen MR) is 66.1 cm³/mol. The minimum absolute atomic E-state index is 0.693. The van der Waals surface area contributed by atoms with Gasteiger partial charge in [0.15, 0.2) is 5.13 Å². The molecule has 14 heavy (non-hydrogen) atoms. The normalized spacial score (nSPS) is 10.7. The third kappa shape index (κ3) is 3.88. The molecule has 1 heterocycles. The van der Waals surface area contributed by atoms with Gasteiger partial charge >= 0.3 is 0 Å². The molecule has 0 aliphatic rings. The van der Waals surface area contributed by atoms with Crippen molar-refractivity contribution in [2.75, 3.05) is 11.5 Å². The van der Waals surface area contributed by atoms with Crippen LogP contribution in [0.15, 0.2) is 4.21 Å². The number of rotatable bonds is 6. The van der Waals surface area contributed by atoms with Crippen molar-refractivity contribution in [1.29, 1.82) is 0 Å². The lowest BCUT2D eigenvalue weighted by Crippen LogP contribution is -1.82. The van der Waals surface area contributed by atoms with Gasteiger partial charge in [0.2, 0.25) is 0 Å². The van der Waals surface area contributed by atoms with E-state index in [-0.39, 0.29) is 0 Å². The molecule has 0 saturated heterocycles. The molecule has 0 unspecified atom stereocenters. The molecule has 1 rings (SSSR count). The molecule has 0 saturated carbocycles. The van der Waals surface area contributed by atoms with E-state index in [1.54, 1.807) is 11.3 Å².